The molecule has 0 unspecified atom stereocenters. The SMILES string of the molecule is c1ccc(Oc2ccc(-c3nccc4cn[nH]c34)cc2)cc1. The number of rotatable bonds is 3. The van der Waals surface area contributed by atoms with Crippen LogP contribution >= 0.6 is 0 Å². The zero-order chi connectivity index (χ0) is 14.8. The predicted molar refractivity (Wildman–Crippen MR) is 85.8 cm³/mol. The lowest BCUT2D eigenvalue weighted by Crippen LogP contribution is -1.87. The Balaban J connectivity index is 1.66. The van der Waals surface area contributed by atoms with E-state index in [0.717, 1.165) is 33.7 Å². The fraction of sp³-hybridized carbons (Fsp3) is 0. The second-order valence-electron chi connectivity index (χ2n) is 4.93. The number of benzene rings is 2. The number of para-hydroxylation sites is 1. The first kappa shape index (κ1) is 12.6. The highest BCUT2D eigenvalue weighted by Gasteiger charge is 2.07. The summed E-state index contributed by atoms with van der Waals surface area (Å²) in [7, 11) is 0. The molecule has 0 bridgehead atoms. The molecule has 2 aromatic heterocycles. The first-order valence-electron chi connectivity index (χ1n) is 7.01. The van der Waals surface area contributed by atoms with Gasteiger partial charge in [0.25, 0.3) is 0 Å². The van der Waals surface area contributed by atoms with Gasteiger partial charge in [0.1, 0.15) is 11.5 Å². The third-order valence-corrected chi connectivity index (χ3v) is 3.47. The van der Waals surface area contributed by atoms with Crippen LogP contribution in [0.5, 0.6) is 11.5 Å². The van der Waals surface area contributed by atoms with Gasteiger partial charge in [0.15, 0.2) is 0 Å². The molecule has 0 aliphatic heterocycles. The van der Waals surface area contributed by atoms with E-state index in [1.54, 1.807) is 12.4 Å². The maximum absolute atomic E-state index is 5.80. The van der Waals surface area contributed by atoms with E-state index < -0.39 is 0 Å². The molecule has 4 heteroatoms. The third-order valence-electron chi connectivity index (χ3n) is 3.47. The molecule has 0 spiro atoms. The summed E-state index contributed by atoms with van der Waals surface area (Å²) in [5.74, 6) is 1.62. The van der Waals surface area contributed by atoms with E-state index in [9.17, 15) is 0 Å². The number of fused-ring (bicyclic) bond motifs is 1. The lowest BCUT2D eigenvalue weighted by Gasteiger charge is -2.07. The van der Waals surface area contributed by atoms with E-state index in [0.29, 0.717) is 0 Å². The maximum Gasteiger partial charge on any atom is 0.127 e. The monoisotopic (exact) mass is 287 g/mol. The molecule has 4 rings (SSSR count). The van der Waals surface area contributed by atoms with Gasteiger partial charge >= 0.3 is 0 Å². The fourth-order valence-corrected chi connectivity index (χ4v) is 2.39. The summed E-state index contributed by atoms with van der Waals surface area (Å²) >= 11 is 0. The highest BCUT2D eigenvalue weighted by molar-refractivity contribution is 5.90. The number of H-pyrrole nitrogens is 1. The molecular formula is C18H13N3O. The van der Waals surface area contributed by atoms with Crippen LogP contribution in [0.4, 0.5) is 0 Å². The molecule has 0 atom stereocenters. The van der Waals surface area contributed by atoms with Gasteiger partial charge in [-0.1, -0.05) is 18.2 Å². The number of hydrogen-bond donors (Lipinski definition) is 1. The summed E-state index contributed by atoms with van der Waals surface area (Å²) in [4.78, 5) is 4.45. The van der Waals surface area contributed by atoms with Crippen LogP contribution in [0, 0.1) is 0 Å². The first-order valence-corrected chi connectivity index (χ1v) is 7.01. The van der Waals surface area contributed by atoms with Crippen LogP contribution in [0.1, 0.15) is 0 Å². The molecule has 0 radical (unpaired) electrons. The molecule has 0 amide bonds. The lowest BCUT2D eigenvalue weighted by atomic mass is 10.1. The van der Waals surface area contributed by atoms with Gasteiger partial charge in [0.05, 0.1) is 17.4 Å². The van der Waals surface area contributed by atoms with Gasteiger partial charge < -0.3 is 4.74 Å². The van der Waals surface area contributed by atoms with Crippen molar-refractivity contribution in [1.29, 1.82) is 0 Å². The normalized spacial score (nSPS) is 10.7. The third kappa shape index (κ3) is 2.31. The van der Waals surface area contributed by atoms with Crippen molar-refractivity contribution in [3.8, 4) is 22.8 Å². The number of pyridine rings is 1. The standard InChI is InChI=1S/C18H13N3O/c1-2-4-15(5-3-1)22-16-8-6-13(7-9-16)17-18-14(10-11-19-17)12-20-21-18/h1-12H,(H,20,21). The van der Waals surface area contributed by atoms with Crippen LogP contribution in [0.3, 0.4) is 0 Å². The summed E-state index contributed by atoms with van der Waals surface area (Å²) in [6, 6.07) is 19.6. The molecular weight excluding hydrogens is 274 g/mol. The van der Waals surface area contributed by atoms with Crippen molar-refractivity contribution in [3.63, 3.8) is 0 Å². The molecule has 0 aliphatic carbocycles. The van der Waals surface area contributed by atoms with Crippen LogP contribution in [0.2, 0.25) is 0 Å². The number of ether oxygens (including phenoxy) is 1. The van der Waals surface area contributed by atoms with Gasteiger partial charge in [0.2, 0.25) is 0 Å². The number of nitrogens with one attached hydrogen (secondary N) is 1. The van der Waals surface area contributed by atoms with E-state index in [2.05, 4.69) is 15.2 Å². The van der Waals surface area contributed by atoms with Gasteiger partial charge in [0, 0.05) is 17.1 Å². The molecule has 2 aromatic carbocycles. The van der Waals surface area contributed by atoms with Crippen molar-refractivity contribution < 1.29 is 4.74 Å². The fourth-order valence-electron chi connectivity index (χ4n) is 2.39. The van der Waals surface area contributed by atoms with Gasteiger partial charge in [-0.05, 0) is 42.5 Å². The van der Waals surface area contributed by atoms with Crippen molar-refractivity contribution in [3.05, 3.63) is 73.1 Å². The van der Waals surface area contributed by atoms with Gasteiger partial charge in [-0.25, -0.2) is 0 Å². The first-order chi connectivity index (χ1) is 10.9. The Labute approximate surface area is 127 Å². The van der Waals surface area contributed by atoms with Crippen LogP contribution in [-0.4, -0.2) is 15.2 Å². The summed E-state index contributed by atoms with van der Waals surface area (Å²) in [5, 5.41) is 8.12. The van der Waals surface area contributed by atoms with Crippen molar-refractivity contribution >= 4 is 10.9 Å². The largest absolute Gasteiger partial charge is 0.457 e. The second kappa shape index (κ2) is 5.33. The van der Waals surface area contributed by atoms with Crippen molar-refractivity contribution in [1.82, 2.24) is 15.2 Å². The minimum absolute atomic E-state index is 0.798. The molecule has 0 saturated heterocycles. The average molecular weight is 287 g/mol. The highest BCUT2D eigenvalue weighted by Crippen LogP contribution is 2.28. The lowest BCUT2D eigenvalue weighted by molar-refractivity contribution is 0.483. The zero-order valence-corrected chi connectivity index (χ0v) is 11.7. The predicted octanol–water partition coefficient (Wildman–Crippen LogP) is 4.42. The molecule has 0 aliphatic rings. The molecule has 1 N–H and O–H groups in total. The topological polar surface area (TPSA) is 50.8 Å². The number of hydrogen-bond acceptors (Lipinski definition) is 3. The quantitative estimate of drug-likeness (QED) is 0.607. The molecule has 0 saturated carbocycles. The Morgan fingerprint density at radius 3 is 2.41 bits per heavy atom. The minimum atomic E-state index is 0.798. The molecule has 0 fully saturated rings. The van der Waals surface area contributed by atoms with Crippen molar-refractivity contribution in [2.75, 3.05) is 0 Å². The van der Waals surface area contributed by atoms with Crippen LogP contribution in [0.15, 0.2) is 73.1 Å². The highest BCUT2D eigenvalue weighted by atomic mass is 16.5. The van der Waals surface area contributed by atoms with E-state index in [1.807, 2.05) is 60.7 Å². The second-order valence-corrected chi connectivity index (χ2v) is 4.93. The number of nitrogens with zero attached hydrogens (tertiary/aromatic N) is 2. The number of aromatic nitrogens is 3. The van der Waals surface area contributed by atoms with Gasteiger partial charge in [-0.2, -0.15) is 5.10 Å². The average Bonchev–Trinajstić information content (AvgIpc) is 3.05. The van der Waals surface area contributed by atoms with Crippen molar-refractivity contribution in [2.45, 2.75) is 0 Å². The summed E-state index contributed by atoms with van der Waals surface area (Å²) < 4.78 is 5.80. The minimum Gasteiger partial charge on any atom is -0.457 e. The smallest absolute Gasteiger partial charge is 0.127 e. The summed E-state index contributed by atoms with van der Waals surface area (Å²) in [5.41, 5.74) is 2.86. The molecule has 4 nitrogen and oxygen atoms in total. The number of aromatic amines is 1. The Hall–Kier alpha value is -3.14. The van der Waals surface area contributed by atoms with E-state index in [1.165, 1.54) is 0 Å². The Bertz CT molecular complexity index is 898. The van der Waals surface area contributed by atoms with Crippen LogP contribution in [0.25, 0.3) is 22.2 Å². The van der Waals surface area contributed by atoms with Crippen LogP contribution < -0.4 is 4.74 Å². The van der Waals surface area contributed by atoms with Crippen molar-refractivity contribution in [2.24, 2.45) is 0 Å². The molecule has 4 aromatic rings. The summed E-state index contributed by atoms with van der Waals surface area (Å²) in [6.07, 6.45) is 3.59. The van der Waals surface area contributed by atoms with Gasteiger partial charge in [-0.15, -0.1) is 0 Å². The Morgan fingerprint density at radius 1 is 0.818 bits per heavy atom. The van der Waals surface area contributed by atoms with E-state index in [4.69, 9.17) is 4.74 Å². The molecule has 22 heavy (non-hydrogen) atoms. The van der Waals surface area contributed by atoms with Crippen LogP contribution in [-0.2, 0) is 0 Å². The van der Waals surface area contributed by atoms with E-state index in [-0.39, 0.29) is 0 Å². The maximum atomic E-state index is 5.80. The Kier molecular flexibility index (Phi) is 3.05. The molecule has 2 heterocycles. The Morgan fingerprint density at radius 2 is 1.59 bits per heavy atom. The molecule has 106 valence electrons. The van der Waals surface area contributed by atoms with E-state index >= 15 is 0 Å². The summed E-state index contributed by atoms with van der Waals surface area (Å²) in [6.45, 7) is 0. The zero-order valence-electron chi connectivity index (χ0n) is 11.7. The van der Waals surface area contributed by atoms with Gasteiger partial charge in [-0.3, -0.25) is 10.1 Å².